The first-order valence-electron chi connectivity index (χ1n) is 7.11. The molecule has 0 unspecified atom stereocenters. The third-order valence-electron chi connectivity index (χ3n) is 3.27. The molecule has 1 aromatic heterocycles. The van der Waals surface area contributed by atoms with Crippen molar-refractivity contribution in [2.75, 3.05) is 23.8 Å². The van der Waals surface area contributed by atoms with Gasteiger partial charge in [0.05, 0.1) is 12.3 Å². The molecule has 1 fully saturated rings. The van der Waals surface area contributed by atoms with Crippen LogP contribution in [0.15, 0.2) is 24.3 Å². The van der Waals surface area contributed by atoms with Gasteiger partial charge < -0.3 is 15.7 Å². The van der Waals surface area contributed by atoms with E-state index >= 15 is 0 Å². The minimum atomic E-state index is 0.0314. The summed E-state index contributed by atoms with van der Waals surface area (Å²) in [6.07, 6.45) is 2.30. The van der Waals surface area contributed by atoms with Crippen LogP contribution in [-0.2, 0) is 0 Å². The van der Waals surface area contributed by atoms with E-state index in [0.29, 0.717) is 34.3 Å². The van der Waals surface area contributed by atoms with E-state index < -0.39 is 0 Å². The van der Waals surface area contributed by atoms with Gasteiger partial charge >= 0.3 is 0 Å². The highest BCUT2D eigenvalue weighted by Crippen LogP contribution is 2.40. The lowest BCUT2D eigenvalue weighted by Gasteiger charge is -2.11. The van der Waals surface area contributed by atoms with E-state index in [9.17, 15) is 0 Å². The smallest absolute Gasteiger partial charge is 0.224 e. The first-order valence-corrected chi connectivity index (χ1v) is 7.86. The van der Waals surface area contributed by atoms with Crippen LogP contribution in [0.25, 0.3) is 0 Å². The van der Waals surface area contributed by atoms with Crippen molar-refractivity contribution in [3.8, 4) is 0 Å². The van der Waals surface area contributed by atoms with Crippen molar-refractivity contribution in [1.82, 2.24) is 9.97 Å². The van der Waals surface area contributed by atoms with Gasteiger partial charge in [0.2, 0.25) is 5.95 Å². The lowest BCUT2D eigenvalue weighted by atomic mass is 10.2. The molecule has 116 valence electrons. The first kappa shape index (κ1) is 15.3. The molecule has 22 heavy (non-hydrogen) atoms. The molecular formula is C15H16Cl2N4O. The second-order valence-electron chi connectivity index (χ2n) is 5.21. The molecule has 0 radical (unpaired) electrons. The fraction of sp³-hybridized carbons (Fsp3) is 0.333. The normalized spacial score (nSPS) is 14.0. The SMILES string of the molecule is OCCNc1nc(Nc2cc(Cl)cc(Cl)c2)cc(C2CC2)n1. The number of hydrogen-bond acceptors (Lipinski definition) is 5. The lowest BCUT2D eigenvalue weighted by Crippen LogP contribution is -2.10. The Bertz CT molecular complexity index is 656. The third-order valence-corrected chi connectivity index (χ3v) is 3.71. The Balaban J connectivity index is 1.86. The largest absolute Gasteiger partial charge is 0.395 e. The van der Waals surface area contributed by atoms with Gasteiger partial charge in [-0.2, -0.15) is 4.98 Å². The minimum absolute atomic E-state index is 0.0314. The zero-order valence-corrected chi connectivity index (χ0v) is 13.3. The van der Waals surface area contributed by atoms with E-state index in [0.717, 1.165) is 24.2 Å². The average molecular weight is 339 g/mol. The number of aliphatic hydroxyl groups is 1. The Morgan fingerprint density at radius 1 is 1.09 bits per heavy atom. The third kappa shape index (κ3) is 4.00. The quantitative estimate of drug-likeness (QED) is 0.747. The van der Waals surface area contributed by atoms with Gasteiger partial charge in [0.25, 0.3) is 0 Å². The Labute approximate surface area is 138 Å². The number of nitrogens with zero attached hydrogens (tertiary/aromatic N) is 2. The number of nitrogens with one attached hydrogen (secondary N) is 2. The molecule has 3 rings (SSSR count). The van der Waals surface area contributed by atoms with Crippen LogP contribution >= 0.6 is 23.2 Å². The number of aromatic nitrogens is 2. The van der Waals surface area contributed by atoms with Crippen molar-refractivity contribution in [1.29, 1.82) is 0 Å². The zero-order valence-electron chi connectivity index (χ0n) is 11.8. The molecular weight excluding hydrogens is 323 g/mol. The molecule has 0 spiro atoms. The topological polar surface area (TPSA) is 70.1 Å². The minimum Gasteiger partial charge on any atom is -0.395 e. The molecule has 1 aromatic carbocycles. The van der Waals surface area contributed by atoms with E-state index in [2.05, 4.69) is 20.6 Å². The first-order chi connectivity index (χ1) is 10.6. The molecule has 0 amide bonds. The van der Waals surface area contributed by atoms with Gasteiger partial charge in [0, 0.05) is 34.3 Å². The summed E-state index contributed by atoms with van der Waals surface area (Å²) >= 11 is 12.0. The van der Waals surface area contributed by atoms with Gasteiger partial charge in [-0.25, -0.2) is 4.98 Å². The van der Waals surface area contributed by atoms with Crippen molar-refractivity contribution < 1.29 is 5.11 Å². The van der Waals surface area contributed by atoms with Gasteiger partial charge in [-0.15, -0.1) is 0 Å². The van der Waals surface area contributed by atoms with E-state index in [4.69, 9.17) is 28.3 Å². The molecule has 0 aliphatic heterocycles. The summed E-state index contributed by atoms with van der Waals surface area (Å²) < 4.78 is 0. The molecule has 1 saturated carbocycles. The molecule has 1 aliphatic carbocycles. The molecule has 1 heterocycles. The maximum atomic E-state index is 8.92. The number of hydrogen-bond donors (Lipinski definition) is 3. The monoisotopic (exact) mass is 338 g/mol. The van der Waals surface area contributed by atoms with Gasteiger partial charge in [0.1, 0.15) is 5.82 Å². The molecule has 5 nitrogen and oxygen atoms in total. The van der Waals surface area contributed by atoms with Gasteiger partial charge in [-0.05, 0) is 31.0 Å². The van der Waals surface area contributed by atoms with Gasteiger partial charge in [-0.1, -0.05) is 23.2 Å². The van der Waals surface area contributed by atoms with Crippen molar-refractivity contribution in [3.63, 3.8) is 0 Å². The summed E-state index contributed by atoms with van der Waals surface area (Å²) in [7, 11) is 0. The Morgan fingerprint density at radius 3 is 2.45 bits per heavy atom. The van der Waals surface area contributed by atoms with Crippen LogP contribution in [0.3, 0.4) is 0 Å². The second-order valence-corrected chi connectivity index (χ2v) is 6.08. The molecule has 2 aromatic rings. The van der Waals surface area contributed by atoms with Crippen LogP contribution in [-0.4, -0.2) is 28.2 Å². The maximum absolute atomic E-state index is 8.92. The zero-order chi connectivity index (χ0) is 15.5. The molecule has 0 bridgehead atoms. The summed E-state index contributed by atoms with van der Waals surface area (Å²) in [5, 5.41) is 16.2. The fourth-order valence-electron chi connectivity index (χ4n) is 2.14. The number of rotatable bonds is 6. The predicted molar refractivity (Wildman–Crippen MR) is 89.3 cm³/mol. The summed E-state index contributed by atoms with van der Waals surface area (Å²) in [5.74, 6) is 1.69. The van der Waals surface area contributed by atoms with Crippen molar-refractivity contribution in [2.24, 2.45) is 0 Å². The summed E-state index contributed by atoms with van der Waals surface area (Å²) in [6, 6.07) is 7.19. The Kier molecular flexibility index (Phi) is 4.66. The molecule has 3 N–H and O–H groups in total. The number of benzene rings is 1. The van der Waals surface area contributed by atoms with Gasteiger partial charge in [-0.3, -0.25) is 0 Å². The second kappa shape index (κ2) is 6.69. The van der Waals surface area contributed by atoms with Crippen LogP contribution in [0, 0.1) is 0 Å². The van der Waals surface area contributed by atoms with Crippen LogP contribution < -0.4 is 10.6 Å². The standard InChI is InChI=1S/C15H16Cl2N4O/c16-10-5-11(17)7-12(6-10)19-14-8-13(9-1-2-9)20-15(21-14)18-3-4-22/h5-9,22H,1-4H2,(H2,18,19,20,21). The molecule has 0 saturated heterocycles. The van der Waals surface area contributed by atoms with E-state index in [1.807, 2.05) is 6.07 Å². The average Bonchev–Trinajstić information content (AvgIpc) is 3.28. The van der Waals surface area contributed by atoms with Crippen molar-refractivity contribution >= 4 is 40.7 Å². The van der Waals surface area contributed by atoms with Crippen LogP contribution in [0.4, 0.5) is 17.5 Å². The summed E-state index contributed by atoms with van der Waals surface area (Å²) in [4.78, 5) is 8.89. The van der Waals surface area contributed by atoms with Crippen molar-refractivity contribution in [2.45, 2.75) is 18.8 Å². The highest BCUT2D eigenvalue weighted by atomic mass is 35.5. The van der Waals surface area contributed by atoms with E-state index in [1.54, 1.807) is 18.2 Å². The lowest BCUT2D eigenvalue weighted by molar-refractivity contribution is 0.311. The Morgan fingerprint density at radius 2 is 1.82 bits per heavy atom. The van der Waals surface area contributed by atoms with Crippen LogP contribution in [0.1, 0.15) is 24.5 Å². The highest BCUT2D eigenvalue weighted by molar-refractivity contribution is 6.35. The number of halogens is 2. The number of anilines is 3. The van der Waals surface area contributed by atoms with E-state index in [-0.39, 0.29) is 6.61 Å². The van der Waals surface area contributed by atoms with Crippen molar-refractivity contribution in [3.05, 3.63) is 40.0 Å². The van der Waals surface area contributed by atoms with Gasteiger partial charge in [0.15, 0.2) is 0 Å². The molecule has 7 heteroatoms. The fourth-order valence-corrected chi connectivity index (χ4v) is 2.66. The molecule has 0 atom stereocenters. The van der Waals surface area contributed by atoms with Crippen LogP contribution in [0.5, 0.6) is 0 Å². The van der Waals surface area contributed by atoms with Crippen LogP contribution in [0.2, 0.25) is 10.0 Å². The summed E-state index contributed by atoms with van der Waals surface area (Å²) in [6.45, 7) is 0.445. The Hall–Kier alpha value is -1.56. The summed E-state index contributed by atoms with van der Waals surface area (Å²) in [5.41, 5.74) is 1.78. The number of aliphatic hydroxyl groups excluding tert-OH is 1. The van der Waals surface area contributed by atoms with E-state index in [1.165, 1.54) is 0 Å². The maximum Gasteiger partial charge on any atom is 0.224 e. The highest BCUT2D eigenvalue weighted by Gasteiger charge is 2.26. The predicted octanol–water partition coefficient (Wildman–Crippen LogP) is 3.81. The molecule has 1 aliphatic rings.